The van der Waals surface area contributed by atoms with Crippen LogP contribution in [0.1, 0.15) is 43.3 Å². The molecular weight excluding hydrogens is 494 g/mol. The fourth-order valence-corrected chi connectivity index (χ4v) is 5.69. The minimum atomic E-state index is -1.67. The van der Waals surface area contributed by atoms with Crippen molar-refractivity contribution in [2.24, 2.45) is 16.4 Å². The highest BCUT2D eigenvalue weighted by atomic mass is 16.6. The monoisotopic (exact) mass is 515 g/mol. The van der Waals surface area contributed by atoms with Crippen LogP contribution in [0.3, 0.4) is 0 Å². The lowest BCUT2D eigenvalue weighted by Crippen LogP contribution is -2.29. The summed E-state index contributed by atoms with van der Waals surface area (Å²) in [6.07, 6.45) is 0. The Morgan fingerprint density at radius 1 is 0.769 bits per heavy atom. The Labute approximate surface area is 223 Å². The summed E-state index contributed by atoms with van der Waals surface area (Å²) in [7, 11) is 0. The number of non-ortho nitro benzene ring substituents is 1. The van der Waals surface area contributed by atoms with Gasteiger partial charge in [-0.1, -0.05) is 97.1 Å². The molecular formula is C31H21N3O5. The van der Waals surface area contributed by atoms with Gasteiger partial charge in [0.15, 0.2) is 11.6 Å². The predicted molar refractivity (Wildman–Crippen MR) is 144 cm³/mol. The second kappa shape index (κ2) is 9.25. The van der Waals surface area contributed by atoms with Gasteiger partial charge in [0.2, 0.25) is 5.91 Å². The lowest BCUT2D eigenvalue weighted by molar-refractivity contribution is -0.384. The molecule has 0 heterocycles. The molecule has 2 aliphatic carbocycles. The van der Waals surface area contributed by atoms with Gasteiger partial charge >= 0.3 is 0 Å². The first-order chi connectivity index (χ1) is 18.9. The number of ketones is 2. The minimum absolute atomic E-state index is 0.183. The lowest BCUT2D eigenvalue weighted by atomic mass is 9.93. The van der Waals surface area contributed by atoms with E-state index < -0.39 is 39.6 Å². The third kappa shape index (κ3) is 3.76. The molecule has 2 aliphatic rings. The van der Waals surface area contributed by atoms with Crippen LogP contribution < -0.4 is 5.43 Å². The number of hydrogen-bond acceptors (Lipinski definition) is 6. The summed E-state index contributed by atoms with van der Waals surface area (Å²) < 4.78 is 0. The molecule has 4 aromatic rings. The summed E-state index contributed by atoms with van der Waals surface area (Å²) >= 11 is 0. The van der Waals surface area contributed by atoms with Gasteiger partial charge in [-0.2, -0.15) is 5.10 Å². The highest BCUT2D eigenvalue weighted by Gasteiger charge is 2.79. The smallest absolute Gasteiger partial charge is 0.269 e. The molecule has 1 fully saturated rings. The van der Waals surface area contributed by atoms with E-state index in [4.69, 9.17) is 0 Å². The van der Waals surface area contributed by atoms with E-state index in [0.29, 0.717) is 11.3 Å². The molecule has 190 valence electrons. The Kier molecular flexibility index (Phi) is 5.72. The molecule has 1 amide bonds. The molecule has 1 saturated carbocycles. The van der Waals surface area contributed by atoms with Crippen molar-refractivity contribution in [3.63, 3.8) is 0 Å². The van der Waals surface area contributed by atoms with Gasteiger partial charge in [-0.3, -0.25) is 24.5 Å². The van der Waals surface area contributed by atoms with Gasteiger partial charge < -0.3 is 0 Å². The van der Waals surface area contributed by atoms with Crippen LogP contribution in [-0.2, 0) is 4.79 Å². The summed E-state index contributed by atoms with van der Waals surface area (Å²) in [4.78, 5) is 52.1. The zero-order valence-corrected chi connectivity index (χ0v) is 20.5. The van der Waals surface area contributed by atoms with Gasteiger partial charge in [-0.15, -0.1) is 0 Å². The standard InChI is InChI=1S/C31H21N3O5/c35-28-23-16-7-8-17-24(23)29(36)31(28)25(21-14-9-15-22(18-21)34(38)39)26(31)30(37)33-32-27(19-10-3-1-4-11-19)20-12-5-2-6-13-20/h1-18,25-26H,(H,33,37)/t25-,26-/m0/s1. The van der Waals surface area contributed by atoms with E-state index in [1.165, 1.54) is 18.2 Å². The molecule has 0 saturated heterocycles. The summed E-state index contributed by atoms with van der Waals surface area (Å²) in [6.45, 7) is 0. The average Bonchev–Trinajstić information content (AvgIpc) is 3.63. The summed E-state index contributed by atoms with van der Waals surface area (Å²) in [5.41, 5.74) is 3.70. The summed E-state index contributed by atoms with van der Waals surface area (Å²) in [6, 6.07) is 30.9. The van der Waals surface area contributed by atoms with Gasteiger partial charge in [0.1, 0.15) is 5.41 Å². The van der Waals surface area contributed by atoms with E-state index in [-0.39, 0.29) is 16.8 Å². The molecule has 6 rings (SSSR count). The van der Waals surface area contributed by atoms with Crippen LogP contribution in [0.25, 0.3) is 0 Å². The van der Waals surface area contributed by atoms with E-state index in [0.717, 1.165) is 11.1 Å². The summed E-state index contributed by atoms with van der Waals surface area (Å²) in [5.74, 6) is -3.45. The number of rotatable bonds is 6. The fraction of sp³-hybridized carbons (Fsp3) is 0.0968. The maximum absolute atomic E-state index is 13.7. The number of nitrogens with zero attached hydrogens (tertiary/aromatic N) is 2. The zero-order chi connectivity index (χ0) is 27.1. The van der Waals surface area contributed by atoms with E-state index in [1.54, 1.807) is 30.3 Å². The molecule has 4 aromatic carbocycles. The highest BCUT2D eigenvalue weighted by molar-refractivity contribution is 6.34. The third-order valence-electron chi connectivity index (χ3n) is 7.47. The second-order valence-electron chi connectivity index (χ2n) is 9.55. The highest BCUT2D eigenvalue weighted by Crippen LogP contribution is 2.70. The molecule has 0 radical (unpaired) electrons. The SMILES string of the molecule is O=C(NN=C(c1ccccc1)c1ccccc1)[C@@H]1[C@H](c2cccc([N+](=O)[O-])c2)C12C(=O)c1ccccc1C2=O. The first-order valence-electron chi connectivity index (χ1n) is 12.4. The third-order valence-corrected chi connectivity index (χ3v) is 7.47. The quantitative estimate of drug-likeness (QED) is 0.169. The number of amides is 1. The van der Waals surface area contributed by atoms with E-state index in [9.17, 15) is 24.5 Å². The number of nitro benzene ring substituents is 1. The Balaban J connectivity index is 1.41. The van der Waals surface area contributed by atoms with Crippen molar-refractivity contribution >= 4 is 28.9 Å². The van der Waals surface area contributed by atoms with Gasteiger partial charge in [0.05, 0.1) is 16.6 Å². The number of benzene rings is 4. The largest absolute Gasteiger partial charge is 0.293 e. The number of nitrogens with one attached hydrogen (secondary N) is 1. The molecule has 8 heteroatoms. The zero-order valence-electron chi connectivity index (χ0n) is 20.5. The van der Waals surface area contributed by atoms with Crippen molar-refractivity contribution in [3.05, 3.63) is 147 Å². The predicted octanol–water partition coefficient (Wildman–Crippen LogP) is 4.94. The number of carbonyl (C=O) groups excluding carboxylic acids is 3. The summed E-state index contributed by atoms with van der Waals surface area (Å²) in [5, 5.41) is 15.9. The molecule has 1 spiro atoms. The van der Waals surface area contributed by atoms with Crippen molar-refractivity contribution in [2.75, 3.05) is 0 Å². The molecule has 0 aromatic heterocycles. The van der Waals surface area contributed by atoms with Crippen LogP contribution in [-0.4, -0.2) is 28.1 Å². The second-order valence-corrected chi connectivity index (χ2v) is 9.55. The molecule has 0 aliphatic heterocycles. The van der Waals surface area contributed by atoms with Crippen LogP contribution in [0.15, 0.2) is 114 Å². The molecule has 39 heavy (non-hydrogen) atoms. The van der Waals surface area contributed by atoms with E-state index in [2.05, 4.69) is 10.5 Å². The van der Waals surface area contributed by atoms with Crippen LogP contribution in [0.4, 0.5) is 5.69 Å². The van der Waals surface area contributed by atoms with Gasteiger partial charge in [-0.25, -0.2) is 5.43 Å². The Bertz CT molecular complexity index is 1600. The van der Waals surface area contributed by atoms with Crippen molar-refractivity contribution in [3.8, 4) is 0 Å². The van der Waals surface area contributed by atoms with Crippen molar-refractivity contribution in [1.82, 2.24) is 5.43 Å². The van der Waals surface area contributed by atoms with Crippen LogP contribution in [0, 0.1) is 21.4 Å². The average molecular weight is 516 g/mol. The van der Waals surface area contributed by atoms with Crippen molar-refractivity contribution < 1.29 is 19.3 Å². The van der Waals surface area contributed by atoms with Crippen LogP contribution in [0.5, 0.6) is 0 Å². The van der Waals surface area contributed by atoms with Gasteiger partial charge in [-0.05, 0) is 5.56 Å². The van der Waals surface area contributed by atoms with Crippen LogP contribution in [0.2, 0.25) is 0 Å². The topological polar surface area (TPSA) is 119 Å². The van der Waals surface area contributed by atoms with Gasteiger partial charge in [0, 0.05) is 40.3 Å². The maximum Gasteiger partial charge on any atom is 0.269 e. The number of hydrazone groups is 1. The molecule has 8 nitrogen and oxygen atoms in total. The van der Waals surface area contributed by atoms with E-state index >= 15 is 0 Å². The fourth-order valence-electron chi connectivity index (χ4n) is 5.69. The number of Topliss-reactive ketones (excluding diaryl/α,β-unsaturated/α-hetero) is 2. The molecule has 1 N–H and O–H groups in total. The first kappa shape index (κ1) is 24.1. The maximum atomic E-state index is 13.7. The Morgan fingerprint density at radius 3 is 1.85 bits per heavy atom. The Hall–Kier alpha value is -5.24. The Morgan fingerprint density at radius 2 is 1.31 bits per heavy atom. The molecule has 2 atom stereocenters. The molecule has 0 bridgehead atoms. The number of fused-ring (bicyclic) bond motifs is 1. The normalized spacial score (nSPS) is 18.4. The van der Waals surface area contributed by atoms with Gasteiger partial charge in [0.25, 0.3) is 5.69 Å². The first-order valence-corrected chi connectivity index (χ1v) is 12.4. The van der Waals surface area contributed by atoms with Crippen molar-refractivity contribution in [1.29, 1.82) is 0 Å². The number of carbonyl (C=O) groups is 3. The number of hydrogen-bond donors (Lipinski definition) is 1. The van der Waals surface area contributed by atoms with Crippen LogP contribution >= 0.6 is 0 Å². The molecule has 0 unspecified atom stereocenters. The number of nitro groups is 1. The lowest BCUT2D eigenvalue weighted by Gasteiger charge is -2.09. The minimum Gasteiger partial charge on any atom is -0.293 e. The van der Waals surface area contributed by atoms with Crippen molar-refractivity contribution in [2.45, 2.75) is 5.92 Å². The van der Waals surface area contributed by atoms with E-state index in [1.807, 2.05) is 60.7 Å².